The highest BCUT2D eigenvalue weighted by Crippen LogP contribution is 2.43. The van der Waals surface area contributed by atoms with Crippen LogP contribution in [0.5, 0.6) is 0 Å². The van der Waals surface area contributed by atoms with Crippen molar-refractivity contribution in [1.82, 2.24) is 0 Å². The Bertz CT molecular complexity index is 515. The van der Waals surface area contributed by atoms with Crippen molar-refractivity contribution in [1.29, 1.82) is 0 Å². The molecule has 0 saturated heterocycles. The third kappa shape index (κ3) is 11.4. The maximum absolute atomic E-state index is 5.98. The van der Waals surface area contributed by atoms with Crippen molar-refractivity contribution in [3.63, 3.8) is 0 Å². The van der Waals surface area contributed by atoms with E-state index in [1.165, 1.54) is 63.4 Å². The highest BCUT2D eigenvalue weighted by molar-refractivity contribution is 5.02. The van der Waals surface area contributed by atoms with Gasteiger partial charge in [0, 0.05) is 5.92 Å². The van der Waals surface area contributed by atoms with Crippen molar-refractivity contribution < 1.29 is 0 Å². The average molecular weight is 445 g/mol. The van der Waals surface area contributed by atoms with E-state index in [1.807, 2.05) is 0 Å². The Morgan fingerprint density at radius 2 is 1.50 bits per heavy atom. The van der Waals surface area contributed by atoms with Crippen LogP contribution in [0.3, 0.4) is 0 Å². The summed E-state index contributed by atoms with van der Waals surface area (Å²) in [5.41, 5.74) is 1.91. The Morgan fingerprint density at radius 3 is 1.94 bits per heavy atom. The molecular formula is C32H60. The summed E-state index contributed by atoms with van der Waals surface area (Å²) in [7, 11) is 0. The molecule has 0 aliphatic carbocycles. The molecule has 0 heterocycles. The Hall–Kier alpha value is -0.700. The van der Waals surface area contributed by atoms with Gasteiger partial charge < -0.3 is 0 Å². The number of terminal acetylenes is 1. The first-order valence-corrected chi connectivity index (χ1v) is 14.2. The number of allylic oxidation sites excluding steroid dienone is 1. The molecule has 0 aliphatic heterocycles. The first-order valence-electron chi connectivity index (χ1n) is 14.2. The van der Waals surface area contributed by atoms with Crippen LogP contribution >= 0.6 is 0 Å². The fourth-order valence-corrected chi connectivity index (χ4v) is 6.08. The summed E-state index contributed by atoms with van der Waals surface area (Å²) in [6.07, 6.45) is 21.2. The third-order valence-electron chi connectivity index (χ3n) is 8.73. The van der Waals surface area contributed by atoms with Gasteiger partial charge in [0.25, 0.3) is 0 Å². The topological polar surface area (TPSA) is 0 Å². The minimum atomic E-state index is 0.419. The Morgan fingerprint density at radius 1 is 0.875 bits per heavy atom. The maximum Gasteiger partial charge on any atom is 0.0231 e. The lowest BCUT2D eigenvalue weighted by molar-refractivity contribution is 0.129. The van der Waals surface area contributed by atoms with Gasteiger partial charge in [0.1, 0.15) is 0 Å². The quantitative estimate of drug-likeness (QED) is 0.137. The molecule has 32 heavy (non-hydrogen) atoms. The summed E-state index contributed by atoms with van der Waals surface area (Å²) >= 11 is 0. The number of hydrogen-bond donors (Lipinski definition) is 0. The molecule has 0 heteroatoms. The Balaban J connectivity index is 5.07. The minimum Gasteiger partial charge on any atom is -0.120 e. The standard InChI is InChI=1S/C32H60/c1-12-18-30(15-4)31(21-26(9)13-2)20-19-29(14-3)22-27(10)28(11)24-32(16-5,17-6)23-25(7)8/h4,25,27-31H,9,12-14,16-24H2,1-3,5-8,10-11H3. The van der Waals surface area contributed by atoms with Crippen molar-refractivity contribution >= 4 is 0 Å². The van der Waals surface area contributed by atoms with Gasteiger partial charge in [-0.3, -0.25) is 0 Å². The van der Waals surface area contributed by atoms with Crippen LogP contribution in [-0.2, 0) is 0 Å². The molecule has 0 aromatic rings. The van der Waals surface area contributed by atoms with E-state index >= 15 is 0 Å². The zero-order valence-electron chi connectivity index (χ0n) is 23.7. The van der Waals surface area contributed by atoms with Crippen molar-refractivity contribution in [2.75, 3.05) is 0 Å². The molecule has 0 aliphatic rings. The molecule has 0 radical (unpaired) electrons. The molecule has 0 nitrogen and oxygen atoms in total. The monoisotopic (exact) mass is 444 g/mol. The highest BCUT2D eigenvalue weighted by atomic mass is 14.4. The average Bonchev–Trinajstić information content (AvgIpc) is 2.77. The van der Waals surface area contributed by atoms with Gasteiger partial charge in [0.05, 0.1) is 0 Å². The van der Waals surface area contributed by atoms with Gasteiger partial charge in [-0.2, -0.15) is 0 Å². The van der Waals surface area contributed by atoms with Crippen LogP contribution in [0.1, 0.15) is 139 Å². The van der Waals surface area contributed by atoms with Gasteiger partial charge in [-0.05, 0) is 80.0 Å². The zero-order valence-corrected chi connectivity index (χ0v) is 23.7. The molecule has 0 saturated carbocycles. The second-order valence-electron chi connectivity index (χ2n) is 11.7. The number of hydrogen-bond acceptors (Lipinski definition) is 0. The minimum absolute atomic E-state index is 0.419. The molecule has 0 amide bonds. The molecule has 0 N–H and O–H groups in total. The lowest BCUT2D eigenvalue weighted by atomic mass is 9.67. The van der Waals surface area contributed by atoms with E-state index in [0.717, 1.165) is 42.9 Å². The van der Waals surface area contributed by atoms with E-state index < -0.39 is 0 Å². The summed E-state index contributed by atoms with van der Waals surface area (Å²) in [6, 6.07) is 0. The first-order chi connectivity index (χ1) is 15.1. The fourth-order valence-electron chi connectivity index (χ4n) is 6.08. The second kappa shape index (κ2) is 16.8. The molecule has 0 bridgehead atoms. The van der Waals surface area contributed by atoms with Gasteiger partial charge in [-0.15, -0.1) is 12.3 Å². The van der Waals surface area contributed by atoms with Crippen molar-refractivity contribution in [2.24, 2.45) is 40.9 Å². The molecule has 188 valence electrons. The van der Waals surface area contributed by atoms with E-state index in [1.54, 1.807) is 0 Å². The molecule has 5 atom stereocenters. The van der Waals surface area contributed by atoms with E-state index in [9.17, 15) is 0 Å². The van der Waals surface area contributed by atoms with Gasteiger partial charge in [0.15, 0.2) is 0 Å². The van der Waals surface area contributed by atoms with Crippen LogP contribution in [0.25, 0.3) is 0 Å². The molecule has 0 aromatic carbocycles. The van der Waals surface area contributed by atoms with E-state index in [2.05, 4.69) is 74.8 Å². The largest absolute Gasteiger partial charge is 0.120 e. The molecule has 0 fully saturated rings. The SMILES string of the molecule is C#CC(CCC)C(CCC(CC)CC(C)C(C)CC(CC)(CC)CC(C)C)CC(=C)CC. The highest BCUT2D eigenvalue weighted by Gasteiger charge is 2.31. The van der Waals surface area contributed by atoms with Gasteiger partial charge in [0.2, 0.25) is 0 Å². The van der Waals surface area contributed by atoms with Gasteiger partial charge in [-0.1, -0.05) is 107 Å². The van der Waals surface area contributed by atoms with E-state index in [4.69, 9.17) is 6.42 Å². The maximum atomic E-state index is 5.98. The summed E-state index contributed by atoms with van der Waals surface area (Å²) in [6.45, 7) is 25.9. The predicted octanol–water partition coefficient (Wildman–Crippen LogP) is 10.7. The van der Waals surface area contributed by atoms with Gasteiger partial charge in [-0.25, -0.2) is 0 Å². The molecule has 5 unspecified atom stereocenters. The van der Waals surface area contributed by atoms with E-state index in [0.29, 0.717) is 17.3 Å². The molecular weight excluding hydrogens is 384 g/mol. The van der Waals surface area contributed by atoms with Crippen LogP contribution in [0.2, 0.25) is 0 Å². The first kappa shape index (κ1) is 31.3. The normalized spacial score (nSPS) is 16.9. The van der Waals surface area contributed by atoms with E-state index in [-0.39, 0.29) is 0 Å². The fraction of sp³-hybridized carbons (Fsp3) is 0.875. The smallest absolute Gasteiger partial charge is 0.0231 e. The summed E-state index contributed by atoms with van der Waals surface area (Å²) in [5.74, 6) is 7.41. The predicted molar refractivity (Wildman–Crippen MR) is 148 cm³/mol. The van der Waals surface area contributed by atoms with Crippen molar-refractivity contribution in [3.05, 3.63) is 12.2 Å². The van der Waals surface area contributed by atoms with Crippen LogP contribution < -0.4 is 0 Å². The molecule has 0 spiro atoms. The van der Waals surface area contributed by atoms with Crippen LogP contribution in [0.15, 0.2) is 12.2 Å². The molecule has 0 aromatic heterocycles. The Labute approximate surface area is 204 Å². The third-order valence-corrected chi connectivity index (χ3v) is 8.73. The molecule has 0 rings (SSSR count). The summed E-state index contributed by atoms with van der Waals surface area (Å²) in [4.78, 5) is 0. The van der Waals surface area contributed by atoms with Crippen LogP contribution in [0, 0.1) is 53.3 Å². The van der Waals surface area contributed by atoms with Crippen LogP contribution in [0.4, 0.5) is 0 Å². The number of rotatable bonds is 19. The van der Waals surface area contributed by atoms with Crippen molar-refractivity contribution in [2.45, 2.75) is 139 Å². The Kier molecular flexibility index (Phi) is 16.5. The van der Waals surface area contributed by atoms with Crippen molar-refractivity contribution in [3.8, 4) is 12.3 Å². The lowest BCUT2D eigenvalue weighted by Gasteiger charge is -2.38. The van der Waals surface area contributed by atoms with Gasteiger partial charge >= 0.3 is 0 Å². The zero-order chi connectivity index (χ0) is 24.7. The summed E-state index contributed by atoms with van der Waals surface area (Å²) < 4.78 is 0. The lowest BCUT2D eigenvalue weighted by Crippen LogP contribution is -2.27. The summed E-state index contributed by atoms with van der Waals surface area (Å²) in [5, 5.41) is 0. The second-order valence-corrected chi connectivity index (χ2v) is 11.7. The van der Waals surface area contributed by atoms with Crippen LogP contribution in [-0.4, -0.2) is 0 Å².